The summed E-state index contributed by atoms with van der Waals surface area (Å²) in [5.41, 5.74) is 0. The Balaban J connectivity index is 2.47. The zero-order chi connectivity index (χ0) is 6.69. The first-order valence-corrected chi connectivity index (χ1v) is 3.20. The Kier molecular flexibility index (Phi) is 1.88. The Labute approximate surface area is 54.5 Å². The lowest BCUT2D eigenvalue weighted by molar-refractivity contribution is -0.144. The van der Waals surface area contributed by atoms with Crippen LogP contribution >= 0.6 is 0 Å². The third-order valence-electron chi connectivity index (χ3n) is 1.39. The van der Waals surface area contributed by atoms with Crippen molar-refractivity contribution in [2.75, 3.05) is 0 Å². The van der Waals surface area contributed by atoms with E-state index in [-0.39, 0.29) is 12.1 Å². The summed E-state index contributed by atoms with van der Waals surface area (Å²) in [7, 11) is 0. The summed E-state index contributed by atoms with van der Waals surface area (Å²) in [6.07, 6.45) is 5.26. The van der Waals surface area contributed by atoms with E-state index in [4.69, 9.17) is 4.74 Å². The van der Waals surface area contributed by atoms with Crippen molar-refractivity contribution in [3.05, 3.63) is 12.2 Å². The van der Waals surface area contributed by atoms with Crippen molar-refractivity contribution in [3.8, 4) is 0 Å². The van der Waals surface area contributed by atoms with Crippen molar-refractivity contribution in [2.24, 2.45) is 0 Å². The highest BCUT2D eigenvalue weighted by Crippen LogP contribution is 2.09. The van der Waals surface area contributed by atoms with Crippen LogP contribution in [-0.4, -0.2) is 12.1 Å². The van der Waals surface area contributed by atoms with Gasteiger partial charge in [0.25, 0.3) is 0 Å². The lowest BCUT2D eigenvalue weighted by Crippen LogP contribution is -2.18. The van der Waals surface area contributed by atoms with Gasteiger partial charge in [-0.1, -0.05) is 13.0 Å². The van der Waals surface area contributed by atoms with Gasteiger partial charge in [-0.25, -0.2) is 4.79 Å². The number of esters is 1. The summed E-state index contributed by atoms with van der Waals surface area (Å²) in [6, 6.07) is 0. The molecule has 1 heterocycles. The van der Waals surface area contributed by atoms with E-state index >= 15 is 0 Å². The van der Waals surface area contributed by atoms with Crippen molar-refractivity contribution in [2.45, 2.75) is 25.9 Å². The smallest absolute Gasteiger partial charge is 0.330 e. The van der Waals surface area contributed by atoms with Crippen LogP contribution in [0.4, 0.5) is 0 Å². The number of cyclic esters (lactones) is 1. The Hall–Kier alpha value is -0.790. The molecule has 0 amide bonds. The minimum Gasteiger partial charge on any atom is -0.459 e. The molecule has 2 heteroatoms. The average molecular weight is 126 g/mol. The Morgan fingerprint density at radius 3 is 3.11 bits per heavy atom. The fraction of sp³-hybridized carbons (Fsp3) is 0.571. The summed E-state index contributed by atoms with van der Waals surface area (Å²) < 4.78 is 4.91. The van der Waals surface area contributed by atoms with Crippen molar-refractivity contribution in [3.63, 3.8) is 0 Å². The molecule has 1 rings (SSSR count). The van der Waals surface area contributed by atoms with Crippen molar-refractivity contribution in [1.29, 1.82) is 0 Å². The number of carbonyl (C=O) groups excluding carboxylic acids is 1. The van der Waals surface area contributed by atoms with Gasteiger partial charge in [-0.3, -0.25) is 0 Å². The maximum atomic E-state index is 10.5. The second-order valence-corrected chi connectivity index (χ2v) is 2.11. The molecule has 0 aromatic carbocycles. The molecule has 1 atom stereocenters. The molecular formula is C7H10O2. The number of hydrogen-bond acceptors (Lipinski definition) is 2. The summed E-state index contributed by atoms with van der Waals surface area (Å²) in [5, 5.41) is 0. The Bertz CT molecular complexity index is 138. The van der Waals surface area contributed by atoms with E-state index in [1.807, 2.05) is 13.0 Å². The second-order valence-electron chi connectivity index (χ2n) is 2.11. The lowest BCUT2D eigenvalue weighted by Gasteiger charge is -2.15. The van der Waals surface area contributed by atoms with Crippen molar-refractivity contribution in [1.82, 2.24) is 0 Å². The molecule has 2 nitrogen and oxygen atoms in total. The summed E-state index contributed by atoms with van der Waals surface area (Å²) >= 11 is 0. The normalized spacial score (nSPS) is 25.9. The summed E-state index contributed by atoms with van der Waals surface area (Å²) in [5.74, 6) is -0.201. The van der Waals surface area contributed by atoms with E-state index in [2.05, 4.69) is 0 Å². The molecule has 0 spiro atoms. The van der Waals surface area contributed by atoms with Crippen LogP contribution < -0.4 is 0 Å². The van der Waals surface area contributed by atoms with Gasteiger partial charge in [-0.2, -0.15) is 0 Å². The number of ether oxygens (including phenoxy) is 1. The monoisotopic (exact) mass is 126 g/mol. The van der Waals surface area contributed by atoms with Gasteiger partial charge in [-0.15, -0.1) is 0 Å². The Morgan fingerprint density at radius 2 is 2.67 bits per heavy atom. The van der Waals surface area contributed by atoms with Crippen LogP contribution in [0.2, 0.25) is 0 Å². The minimum absolute atomic E-state index is 0.127. The molecule has 1 aliphatic heterocycles. The quantitative estimate of drug-likeness (QED) is 0.494. The van der Waals surface area contributed by atoms with Crippen LogP contribution in [-0.2, 0) is 9.53 Å². The van der Waals surface area contributed by atoms with Crippen molar-refractivity contribution < 1.29 is 9.53 Å². The molecule has 0 saturated carbocycles. The molecule has 1 aliphatic rings. The van der Waals surface area contributed by atoms with Crippen LogP contribution in [0.5, 0.6) is 0 Å². The molecular weight excluding hydrogens is 116 g/mol. The van der Waals surface area contributed by atoms with Gasteiger partial charge in [0, 0.05) is 12.5 Å². The number of carbonyl (C=O) groups is 1. The maximum Gasteiger partial charge on any atom is 0.330 e. The highest BCUT2D eigenvalue weighted by Gasteiger charge is 2.12. The maximum absolute atomic E-state index is 10.5. The predicted octanol–water partition coefficient (Wildman–Crippen LogP) is 1.27. The van der Waals surface area contributed by atoms with Crippen LogP contribution in [0.3, 0.4) is 0 Å². The Morgan fingerprint density at radius 1 is 1.89 bits per heavy atom. The predicted molar refractivity (Wildman–Crippen MR) is 33.9 cm³/mol. The summed E-state index contributed by atoms with van der Waals surface area (Å²) in [4.78, 5) is 10.5. The lowest BCUT2D eigenvalue weighted by atomic mass is 10.1. The van der Waals surface area contributed by atoms with E-state index in [9.17, 15) is 4.79 Å². The second kappa shape index (κ2) is 2.67. The first-order chi connectivity index (χ1) is 4.33. The molecule has 0 aromatic rings. The van der Waals surface area contributed by atoms with Crippen LogP contribution in [0.15, 0.2) is 12.2 Å². The molecule has 50 valence electrons. The van der Waals surface area contributed by atoms with Gasteiger partial charge in [0.05, 0.1) is 0 Å². The third kappa shape index (κ3) is 1.56. The first kappa shape index (κ1) is 6.33. The van der Waals surface area contributed by atoms with Gasteiger partial charge < -0.3 is 4.74 Å². The summed E-state index contributed by atoms with van der Waals surface area (Å²) in [6.45, 7) is 2.01. The molecule has 0 radical (unpaired) electrons. The van der Waals surface area contributed by atoms with E-state index in [1.165, 1.54) is 6.08 Å². The topological polar surface area (TPSA) is 26.3 Å². The zero-order valence-corrected chi connectivity index (χ0v) is 5.46. The number of hydrogen-bond donors (Lipinski definition) is 0. The fourth-order valence-corrected chi connectivity index (χ4v) is 0.818. The van der Waals surface area contributed by atoms with Crippen LogP contribution in [0, 0.1) is 0 Å². The highest BCUT2D eigenvalue weighted by atomic mass is 16.5. The zero-order valence-electron chi connectivity index (χ0n) is 5.46. The van der Waals surface area contributed by atoms with E-state index in [0.29, 0.717) is 0 Å². The first-order valence-electron chi connectivity index (χ1n) is 3.20. The van der Waals surface area contributed by atoms with E-state index < -0.39 is 0 Å². The molecule has 0 aliphatic carbocycles. The standard InChI is InChI=1S/C7H10O2/c1-2-6-4-3-5-7(8)9-6/h3,5-6H,2,4H2,1H3/t6-/m1/s1. The van der Waals surface area contributed by atoms with Crippen LogP contribution in [0.25, 0.3) is 0 Å². The van der Waals surface area contributed by atoms with E-state index in [1.54, 1.807) is 0 Å². The highest BCUT2D eigenvalue weighted by molar-refractivity contribution is 5.82. The molecule has 0 fully saturated rings. The fourth-order valence-electron chi connectivity index (χ4n) is 0.818. The molecule has 0 bridgehead atoms. The van der Waals surface area contributed by atoms with Gasteiger partial charge >= 0.3 is 5.97 Å². The SMILES string of the molecule is CC[C@@H]1CC=CC(=O)O1. The average Bonchev–Trinajstić information content (AvgIpc) is 1.88. The molecule has 0 N–H and O–H groups in total. The minimum atomic E-state index is -0.201. The molecule has 0 aromatic heterocycles. The van der Waals surface area contributed by atoms with E-state index in [0.717, 1.165) is 12.8 Å². The number of rotatable bonds is 1. The largest absolute Gasteiger partial charge is 0.459 e. The molecule has 9 heavy (non-hydrogen) atoms. The molecule has 0 saturated heterocycles. The van der Waals surface area contributed by atoms with Gasteiger partial charge in [-0.05, 0) is 6.42 Å². The molecule has 0 unspecified atom stereocenters. The van der Waals surface area contributed by atoms with Gasteiger partial charge in [0.2, 0.25) is 0 Å². The third-order valence-corrected chi connectivity index (χ3v) is 1.39. The van der Waals surface area contributed by atoms with Gasteiger partial charge in [0.15, 0.2) is 0 Å². The van der Waals surface area contributed by atoms with Crippen molar-refractivity contribution >= 4 is 5.97 Å². The van der Waals surface area contributed by atoms with Crippen LogP contribution in [0.1, 0.15) is 19.8 Å². The van der Waals surface area contributed by atoms with Gasteiger partial charge in [0.1, 0.15) is 6.10 Å².